The Morgan fingerprint density at radius 3 is 2.86 bits per heavy atom. The van der Waals surface area contributed by atoms with Gasteiger partial charge in [0, 0.05) is 5.39 Å². The van der Waals surface area contributed by atoms with Crippen molar-refractivity contribution in [3.8, 4) is 0 Å². The lowest BCUT2D eigenvalue weighted by molar-refractivity contribution is 0.0665. The first-order valence-electron chi connectivity index (χ1n) is 4.01. The van der Waals surface area contributed by atoms with Gasteiger partial charge < -0.3 is 9.52 Å². The van der Waals surface area contributed by atoms with Gasteiger partial charge in [0.1, 0.15) is 0 Å². The van der Waals surface area contributed by atoms with Gasteiger partial charge in [0.25, 0.3) is 0 Å². The van der Waals surface area contributed by atoms with Gasteiger partial charge in [-0.25, -0.2) is 4.79 Å². The van der Waals surface area contributed by atoms with Crippen LogP contribution in [0.1, 0.15) is 16.1 Å². The summed E-state index contributed by atoms with van der Waals surface area (Å²) in [6.07, 6.45) is 0. The van der Waals surface area contributed by atoms with Crippen LogP contribution in [0.3, 0.4) is 0 Å². The Balaban J connectivity index is 2.77. The number of rotatable bonds is 1. The van der Waals surface area contributed by atoms with Gasteiger partial charge in [-0.3, -0.25) is 0 Å². The highest BCUT2D eigenvalue weighted by atomic mass is 35.5. The molecule has 0 amide bonds. The molecule has 1 heterocycles. The van der Waals surface area contributed by atoms with Gasteiger partial charge in [0.05, 0.1) is 5.02 Å². The zero-order chi connectivity index (χ0) is 10.3. The van der Waals surface area contributed by atoms with E-state index in [2.05, 4.69) is 0 Å². The number of benzene rings is 1. The first-order chi connectivity index (χ1) is 6.59. The summed E-state index contributed by atoms with van der Waals surface area (Å²) in [6.45, 7) is 1.84. The molecule has 2 aromatic rings. The maximum absolute atomic E-state index is 10.6. The summed E-state index contributed by atoms with van der Waals surface area (Å²) in [5, 5.41) is 9.88. The smallest absolute Gasteiger partial charge is 0.371 e. The van der Waals surface area contributed by atoms with Crippen LogP contribution in [0.4, 0.5) is 0 Å². The minimum absolute atomic E-state index is 0.0903. The molecule has 0 aliphatic rings. The van der Waals surface area contributed by atoms with Crippen molar-refractivity contribution in [3.63, 3.8) is 0 Å². The first kappa shape index (κ1) is 9.09. The summed E-state index contributed by atoms with van der Waals surface area (Å²) in [5.41, 5.74) is 1.30. The maximum Gasteiger partial charge on any atom is 0.371 e. The van der Waals surface area contributed by atoms with Crippen LogP contribution in [0.15, 0.2) is 22.6 Å². The van der Waals surface area contributed by atoms with E-state index in [1.807, 2.05) is 13.0 Å². The summed E-state index contributed by atoms with van der Waals surface area (Å²) in [5.74, 6) is -1.18. The SMILES string of the molecule is Cc1ccc2cc(C(=O)O)oc2c1Cl. The van der Waals surface area contributed by atoms with Crippen molar-refractivity contribution in [1.29, 1.82) is 0 Å². The highest BCUT2D eigenvalue weighted by Gasteiger charge is 2.13. The number of halogens is 1. The van der Waals surface area contributed by atoms with E-state index in [9.17, 15) is 4.79 Å². The van der Waals surface area contributed by atoms with E-state index in [0.29, 0.717) is 16.0 Å². The molecular weight excluding hydrogens is 204 g/mol. The summed E-state index contributed by atoms with van der Waals surface area (Å²) >= 11 is 5.96. The Morgan fingerprint density at radius 1 is 1.50 bits per heavy atom. The highest BCUT2D eigenvalue weighted by molar-refractivity contribution is 6.35. The molecule has 0 saturated carbocycles. The van der Waals surface area contributed by atoms with Crippen molar-refractivity contribution >= 4 is 28.5 Å². The van der Waals surface area contributed by atoms with Crippen molar-refractivity contribution in [2.24, 2.45) is 0 Å². The van der Waals surface area contributed by atoms with Gasteiger partial charge in [-0.05, 0) is 18.6 Å². The van der Waals surface area contributed by atoms with Crippen LogP contribution in [-0.4, -0.2) is 11.1 Å². The van der Waals surface area contributed by atoms with Crippen LogP contribution >= 0.6 is 11.6 Å². The lowest BCUT2D eigenvalue weighted by atomic mass is 10.2. The van der Waals surface area contributed by atoms with Gasteiger partial charge >= 0.3 is 5.97 Å². The normalized spacial score (nSPS) is 10.7. The molecule has 0 atom stereocenters. The van der Waals surface area contributed by atoms with Crippen molar-refractivity contribution in [1.82, 2.24) is 0 Å². The van der Waals surface area contributed by atoms with Gasteiger partial charge in [-0.15, -0.1) is 0 Å². The lowest BCUT2D eigenvalue weighted by Crippen LogP contribution is -1.91. The van der Waals surface area contributed by atoms with E-state index in [4.69, 9.17) is 21.1 Å². The second-order valence-electron chi connectivity index (χ2n) is 3.03. The summed E-state index contributed by atoms with van der Waals surface area (Å²) in [7, 11) is 0. The number of carboxylic acid groups (broad SMARTS) is 1. The summed E-state index contributed by atoms with van der Waals surface area (Å²) < 4.78 is 5.11. The van der Waals surface area contributed by atoms with Crippen LogP contribution in [0, 0.1) is 6.92 Å². The molecule has 0 spiro atoms. The van der Waals surface area contributed by atoms with Crippen molar-refractivity contribution in [2.75, 3.05) is 0 Å². The Hall–Kier alpha value is -1.48. The fourth-order valence-electron chi connectivity index (χ4n) is 1.27. The first-order valence-corrected chi connectivity index (χ1v) is 4.39. The molecule has 14 heavy (non-hydrogen) atoms. The molecule has 0 bridgehead atoms. The van der Waals surface area contributed by atoms with E-state index >= 15 is 0 Å². The molecule has 1 N–H and O–H groups in total. The molecule has 3 nitrogen and oxygen atoms in total. The molecule has 1 aromatic carbocycles. The molecule has 0 aliphatic carbocycles. The topological polar surface area (TPSA) is 50.4 Å². The zero-order valence-corrected chi connectivity index (χ0v) is 8.13. The fourth-order valence-corrected chi connectivity index (χ4v) is 1.48. The molecule has 0 fully saturated rings. The van der Waals surface area contributed by atoms with Crippen LogP contribution in [0.5, 0.6) is 0 Å². The molecule has 0 unspecified atom stereocenters. The third kappa shape index (κ3) is 1.26. The predicted molar refractivity (Wildman–Crippen MR) is 52.9 cm³/mol. The second kappa shape index (κ2) is 3.03. The fraction of sp³-hybridized carbons (Fsp3) is 0.100. The third-order valence-corrected chi connectivity index (χ3v) is 2.50. The lowest BCUT2D eigenvalue weighted by Gasteiger charge is -1.96. The Bertz CT molecular complexity index is 513. The van der Waals surface area contributed by atoms with E-state index in [0.717, 1.165) is 5.56 Å². The Morgan fingerprint density at radius 2 is 2.21 bits per heavy atom. The second-order valence-corrected chi connectivity index (χ2v) is 3.41. The monoisotopic (exact) mass is 210 g/mol. The maximum atomic E-state index is 10.6. The van der Waals surface area contributed by atoms with Crippen molar-refractivity contribution in [3.05, 3.63) is 34.5 Å². The van der Waals surface area contributed by atoms with Gasteiger partial charge in [0.2, 0.25) is 5.76 Å². The van der Waals surface area contributed by atoms with Gasteiger partial charge in [0.15, 0.2) is 5.58 Å². The predicted octanol–water partition coefficient (Wildman–Crippen LogP) is 3.09. The number of hydrogen-bond acceptors (Lipinski definition) is 2. The van der Waals surface area contributed by atoms with E-state index in [1.54, 1.807) is 6.07 Å². The largest absolute Gasteiger partial charge is 0.475 e. The number of fused-ring (bicyclic) bond motifs is 1. The summed E-state index contributed by atoms with van der Waals surface area (Å²) in [4.78, 5) is 10.6. The molecule has 1 aromatic heterocycles. The molecule has 4 heteroatoms. The quantitative estimate of drug-likeness (QED) is 0.787. The van der Waals surface area contributed by atoms with E-state index < -0.39 is 5.97 Å². The minimum atomic E-state index is -1.09. The number of aryl methyl sites for hydroxylation is 1. The van der Waals surface area contributed by atoms with Crippen LogP contribution in [0.2, 0.25) is 5.02 Å². The molecule has 2 rings (SSSR count). The zero-order valence-electron chi connectivity index (χ0n) is 7.37. The molecule has 0 aliphatic heterocycles. The van der Waals surface area contributed by atoms with Gasteiger partial charge in [-0.1, -0.05) is 23.7 Å². The van der Waals surface area contributed by atoms with Gasteiger partial charge in [-0.2, -0.15) is 0 Å². The minimum Gasteiger partial charge on any atom is -0.475 e. The Kier molecular flexibility index (Phi) is 1.97. The van der Waals surface area contributed by atoms with E-state index in [-0.39, 0.29) is 5.76 Å². The standard InChI is InChI=1S/C10H7ClO3/c1-5-2-3-6-4-7(10(12)13)14-9(6)8(5)11/h2-4H,1H3,(H,12,13). The molecule has 72 valence electrons. The third-order valence-electron chi connectivity index (χ3n) is 2.03. The number of aromatic carboxylic acids is 1. The molecule has 0 radical (unpaired) electrons. The average molecular weight is 211 g/mol. The summed E-state index contributed by atoms with van der Waals surface area (Å²) in [6, 6.07) is 5.07. The number of carboxylic acids is 1. The number of carbonyl (C=O) groups is 1. The van der Waals surface area contributed by atoms with E-state index in [1.165, 1.54) is 6.07 Å². The average Bonchev–Trinajstić information content (AvgIpc) is 2.56. The number of hydrogen-bond donors (Lipinski definition) is 1. The van der Waals surface area contributed by atoms with Crippen LogP contribution in [-0.2, 0) is 0 Å². The molecule has 0 saturated heterocycles. The van der Waals surface area contributed by atoms with Crippen molar-refractivity contribution in [2.45, 2.75) is 6.92 Å². The van der Waals surface area contributed by atoms with Crippen LogP contribution < -0.4 is 0 Å². The highest BCUT2D eigenvalue weighted by Crippen LogP contribution is 2.29. The van der Waals surface area contributed by atoms with Crippen molar-refractivity contribution < 1.29 is 14.3 Å². The Labute approximate surface area is 84.9 Å². The number of furan rings is 1. The molecular formula is C10H7ClO3. The van der Waals surface area contributed by atoms with Crippen LogP contribution in [0.25, 0.3) is 11.0 Å².